The van der Waals surface area contributed by atoms with Gasteiger partial charge in [-0.25, -0.2) is 0 Å². The molecular formula is C70H49N. The first-order chi connectivity index (χ1) is 35.0. The van der Waals surface area contributed by atoms with E-state index in [1.165, 1.54) is 111 Å². The molecule has 3 aliphatic rings. The summed E-state index contributed by atoms with van der Waals surface area (Å²) in [6.45, 7) is 4.78. The van der Waals surface area contributed by atoms with Crippen LogP contribution in [0.15, 0.2) is 261 Å². The van der Waals surface area contributed by atoms with Gasteiger partial charge in [0.25, 0.3) is 0 Å². The number of fused-ring (bicyclic) bond motifs is 13. The number of hydrogen-bond acceptors (Lipinski definition) is 1. The molecule has 71 heavy (non-hydrogen) atoms. The molecule has 0 saturated heterocycles. The second-order valence-corrected chi connectivity index (χ2v) is 19.9. The van der Waals surface area contributed by atoms with Crippen molar-refractivity contribution in [3.8, 4) is 77.9 Å². The standard InChI is InChI=1S/C70H49N/c1-69(2)61-37-15-11-31-56(61)59-36-20-35-53(68(59)69)48-26-19-27-49(44-48)71(66-41-21-34-52(47-24-7-4-8-25-47)67(66)58-33-10-9-28-51(58)46-22-5-3-6-23-46)50-42-43-65-60(45-50)57-32-14-18-40-64(57)70(65)62-38-16-12-29-54(62)55-30-13-17-39-63(55)70/h3-45H,1-2H3. The normalized spacial score (nSPS) is 13.7. The van der Waals surface area contributed by atoms with Gasteiger partial charge >= 0.3 is 0 Å². The Morgan fingerprint density at radius 3 is 1.34 bits per heavy atom. The minimum Gasteiger partial charge on any atom is -0.310 e. The van der Waals surface area contributed by atoms with Crippen LogP contribution >= 0.6 is 0 Å². The zero-order chi connectivity index (χ0) is 47.3. The van der Waals surface area contributed by atoms with E-state index in [1.54, 1.807) is 0 Å². The Hall–Kier alpha value is -8.78. The van der Waals surface area contributed by atoms with Gasteiger partial charge in [0.2, 0.25) is 0 Å². The van der Waals surface area contributed by atoms with E-state index in [-0.39, 0.29) is 5.41 Å². The monoisotopic (exact) mass is 903 g/mol. The third kappa shape index (κ3) is 6.00. The summed E-state index contributed by atoms with van der Waals surface area (Å²) in [6.07, 6.45) is 0. The van der Waals surface area contributed by atoms with Crippen molar-refractivity contribution in [3.05, 3.63) is 294 Å². The van der Waals surface area contributed by atoms with Gasteiger partial charge in [0.1, 0.15) is 0 Å². The van der Waals surface area contributed by atoms with Crippen molar-refractivity contribution in [3.63, 3.8) is 0 Å². The van der Waals surface area contributed by atoms with Crippen LogP contribution in [0, 0.1) is 0 Å². The highest BCUT2D eigenvalue weighted by atomic mass is 15.1. The fourth-order valence-corrected chi connectivity index (χ4v) is 13.0. The zero-order valence-electron chi connectivity index (χ0n) is 39.8. The van der Waals surface area contributed by atoms with Crippen molar-refractivity contribution in [2.75, 3.05) is 4.90 Å². The molecule has 0 bridgehead atoms. The van der Waals surface area contributed by atoms with Crippen molar-refractivity contribution in [1.29, 1.82) is 0 Å². The minimum atomic E-state index is -0.437. The van der Waals surface area contributed by atoms with Crippen LogP contribution in [0.2, 0.25) is 0 Å². The SMILES string of the molecule is CC1(C)c2ccccc2-c2cccc(-c3cccc(N(c4ccc5c(c4)-c4ccccc4C54c5ccccc5-c5ccccc54)c4cccc(-c5ccccc5)c4-c4ccccc4-c4ccccc4)c3)c21. The number of hydrogen-bond donors (Lipinski definition) is 0. The molecule has 11 aromatic carbocycles. The lowest BCUT2D eigenvalue weighted by atomic mass is 9.70. The number of anilines is 3. The van der Waals surface area contributed by atoms with Crippen LogP contribution in [0.25, 0.3) is 77.9 Å². The van der Waals surface area contributed by atoms with Gasteiger partial charge in [0.15, 0.2) is 0 Å². The minimum absolute atomic E-state index is 0.169. The molecule has 0 N–H and O–H groups in total. The van der Waals surface area contributed by atoms with E-state index >= 15 is 0 Å². The maximum absolute atomic E-state index is 2.54. The molecule has 3 aliphatic carbocycles. The van der Waals surface area contributed by atoms with E-state index in [1.807, 2.05) is 0 Å². The van der Waals surface area contributed by atoms with Crippen LogP contribution in [-0.4, -0.2) is 0 Å². The van der Waals surface area contributed by atoms with E-state index in [0.29, 0.717) is 0 Å². The highest BCUT2D eigenvalue weighted by Gasteiger charge is 2.51. The Labute approximate surface area is 416 Å². The fraction of sp³-hybridized carbons (Fsp3) is 0.0571. The van der Waals surface area contributed by atoms with Crippen LogP contribution in [0.1, 0.15) is 47.2 Å². The summed E-state index contributed by atoms with van der Waals surface area (Å²) >= 11 is 0. The van der Waals surface area contributed by atoms with E-state index in [9.17, 15) is 0 Å². The van der Waals surface area contributed by atoms with Crippen LogP contribution in [-0.2, 0) is 10.8 Å². The van der Waals surface area contributed by atoms with Gasteiger partial charge in [-0.05, 0) is 136 Å². The number of rotatable bonds is 7. The topological polar surface area (TPSA) is 3.24 Å². The average Bonchev–Trinajstić information content (AvgIpc) is 4.00. The highest BCUT2D eigenvalue weighted by molar-refractivity contribution is 6.03. The van der Waals surface area contributed by atoms with Crippen molar-refractivity contribution in [2.45, 2.75) is 24.7 Å². The molecular weight excluding hydrogens is 855 g/mol. The van der Waals surface area contributed by atoms with Crippen molar-refractivity contribution in [2.24, 2.45) is 0 Å². The second-order valence-electron chi connectivity index (χ2n) is 19.9. The summed E-state index contributed by atoms with van der Waals surface area (Å²) in [5, 5.41) is 0. The molecule has 0 unspecified atom stereocenters. The van der Waals surface area contributed by atoms with Gasteiger partial charge in [-0.2, -0.15) is 0 Å². The Bertz CT molecular complexity index is 3870. The number of nitrogens with zero attached hydrogens (tertiary/aromatic N) is 1. The van der Waals surface area contributed by atoms with Gasteiger partial charge in [-0.1, -0.05) is 244 Å². The smallest absolute Gasteiger partial charge is 0.0725 e. The molecule has 0 radical (unpaired) electrons. The lowest BCUT2D eigenvalue weighted by molar-refractivity contribution is 0.662. The molecule has 0 atom stereocenters. The lowest BCUT2D eigenvalue weighted by Crippen LogP contribution is -2.25. The van der Waals surface area contributed by atoms with E-state index < -0.39 is 5.41 Å². The first-order valence-electron chi connectivity index (χ1n) is 24.9. The van der Waals surface area contributed by atoms with Gasteiger partial charge in [-0.15, -0.1) is 0 Å². The highest BCUT2D eigenvalue weighted by Crippen LogP contribution is 2.63. The molecule has 1 nitrogen and oxygen atoms in total. The van der Waals surface area contributed by atoms with Crippen LogP contribution in [0.4, 0.5) is 17.1 Å². The molecule has 0 amide bonds. The van der Waals surface area contributed by atoms with Crippen LogP contribution in [0.3, 0.4) is 0 Å². The molecule has 14 rings (SSSR count). The summed E-state index contributed by atoms with van der Waals surface area (Å²) in [5.41, 5.74) is 28.2. The molecule has 334 valence electrons. The maximum atomic E-state index is 2.54. The zero-order valence-corrected chi connectivity index (χ0v) is 39.8. The Morgan fingerprint density at radius 1 is 0.268 bits per heavy atom. The summed E-state index contributed by atoms with van der Waals surface area (Å²) in [4.78, 5) is 2.54. The quantitative estimate of drug-likeness (QED) is 0.154. The van der Waals surface area contributed by atoms with Gasteiger partial charge in [-0.3, -0.25) is 0 Å². The van der Waals surface area contributed by atoms with Crippen molar-refractivity contribution < 1.29 is 0 Å². The Morgan fingerprint density at radius 2 is 0.690 bits per heavy atom. The van der Waals surface area contributed by atoms with Crippen LogP contribution < -0.4 is 4.90 Å². The third-order valence-electron chi connectivity index (χ3n) is 15.9. The average molecular weight is 904 g/mol. The van der Waals surface area contributed by atoms with Crippen molar-refractivity contribution in [1.82, 2.24) is 0 Å². The number of benzene rings is 11. The summed E-state index contributed by atoms with van der Waals surface area (Å²) < 4.78 is 0. The fourth-order valence-electron chi connectivity index (χ4n) is 13.0. The van der Waals surface area contributed by atoms with E-state index in [2.05, 4.69) is 280 Å². The Balaban J connectivity index is 1.05. The predicted molar refractivity (Wildman–Crippen MR) is 297 cm³/mol. The second kappa shape index (κ2) is 15.9. The molecule has 1 heteroatoms. The maximum Gasteiger partial charge on any atom is 0.0725 e. The predicted octanol–water partition coefficient (Wildman–Crippen LogP) is 18.5. The van der Waals surface area contributed by atoms with E-state index in [4.69, 9.17) is 0 Å². The van der Waals surface area contributed by atoms with Gasteiger partial charge in [0, 0.05) is 22.4 Å². The summed E-state index contributed by atoms with van der Waals surface area (Å²) in [7, 11) is 0. The first-order valence-corrected chi connectivity index (χ1v) is 24.9. The van der Waals surface area contributed by atoms with E-state index in [0.717, 1.165) is 17.1 Å². The molecule has 0 aliphatic heterocycles. The summed E-state index contributed by atoms with van der Waals surface area (Å²) in [5.74, 6) is 0. The molecule has 0 heterocycles. The molecule has 0 fully saturated rings. The largest absolute Gasteiger partial charge is 0.310 e. The Kier molecular flexibility index (Phi) is 9.22. The van der Waals surface area contributed by atoms with Crippen molar-refractivity contribution >= 4 is 17.1 Å². The van der Waals surface area contributed by atoms with Gasteiger partial charge in [0.05, 0.1) is 11.1 Å². The van der Waals surface area contributed by atoms with Crippen LogP contribution in [0.5, 0.6) is 0 Å². The third-order valence-corrected chi connectivity index (χ3v) is 15.9. The molecule has 11 aromatic rings. The van der Waals surface area contributed by atoms with Gasteiger partial charge < -0.3 is 4.90 Å². The first kappa shape index (κ1) is 41.2. The molecule has 1 spiro atoms. The molecule has 0 aromatic heterocycles. The summed E-state index contributed by atoms with van der Waals surface area (Å²) in [6, 6.07) is 97.4. The lowest BCUT2D eigenvalue weighted by Gasteiger charge is -2.32. The molecule has 0 saturated carbocycles.